The number of hydrogen-bond acceptors (Lipinski definition) is 1. The molecule has 0 fully saturated rings. The predicted octanol–water partition coefficient (Wildman–Crippen LogP) is 4.54. The molecule has 0 bridgehead atoms. The van der Waals surface area contributed by atoms with E-state index < -0.39 is 0 Å². The smallest absolute Gasteiger partial charge is 0.136 e. The molecular formula is C16H9O. The fourth-order valence-corrected chi connectivity index (χ4v) is 2.41. The molecule has 1 heterocycles. The second-order valence-corrected chi connectivity index (χ2v) is 4.17. The van der Waals surface area contributed by atoms with E-state index in [1.807, 2.05) is 30.3 Å². The Kier molecular flexibility index (Phi) is 1.61. The molecule has 3 aromatic carbocycles. The zero-order valence-corrected chi connectivity index (χ0v) is 9.10. The van der Waals surface area contributed by atoms with Crippen molar-refractivity contribution in [1.29, 1.82) is 0 Å². The molecule has 1 radical (unpaired) electrons. The van der Waals surface area contributed by atoms with Gasteiger partial charge in [0.1, 0.15) is 11.2 Å². The highest BCUT2D eigenvalue weighted by atomic mass is 16.3. The van der Waals surface area contributed by atoms with Crippen molar-refractivity contribution in [2.75, 3.05) is 0 Å². The van der Waals surface area contributed by atoms with Crippen LogP contribution in [0, 0.1) is 6.07 Å². The largest absolute Gasteiger partial charge is 0.456 e. The number of para-hydroxylation sites is 1. The average Bonchev–Trinajstić information content (AvgIpc) is 2.77. The molecule has 0 N–H and O–H groups in total. The van der Waals surface area contributed by atoms with Gasteiger partial charge in [-0.1, -0.05) is 42.5 Å². The second-order valence-electron chi connectivity index (χ2n) is 4.17. The number of rotatable bonds is 0. The predicted molar refractivity (Wildman–Crippen MR) is 70.1 cm³/mol. The highest BCUT2D eigenvalue weighted by molar-refractivity contribution is 6.18. The maximum atomic E-state index is 5.83. The molecule has 0 unspecified atom stereocenters. The minimum Gasteiger partial charge on any atom is -0.456 e. The van der Waals surface area contributed by atoms with E-state index in [1.165, 1.54) is 16.2 Å². The van der Waals surface area contributed by atoms with Crippen LogP contribution in [0.25, 0.3) is 32.7 Å². The normalized spacial score (nSPS) is 11.5. The first-order valence-corrected chi connectivity index (χ1v) is 5.64. The molecule has 0 saturated carbocycles. The summed E-state index contributed by atoms with van der Waals surface area (Å²) in [6.07, 6.45) is 0. The maximum Gasteiger partial charge on any atom is 0.136 e. The number of benzene rings is 3. The van der Waals surface area contributed by atoms with Crippen molar-refractivity contribution in [2.45, 2.75) is 0 Å². The van der Waals surface area contributed by atoms with E-state index >= 15 is 0 Å². The molecule has 17 heavy (non-hydrogen) atoms. The van der Waals surface area contributed by atoms with E-state index in [0.717, 1.165) is 16.6 Å². The summed E-state index contributed by atoms with van der Waals surface area (Å²) in [5.41, 5.74) is 1.84. The Morgan fingerprint density at radius 1 is 0.765 bits per heavy atom. The summed E-state index contributed by atoms with van der Waals surface area (Å²) in [4.78, 5) is 0. The van der Waals surface area contributed by atoms with E-state index in [4.69, 9.17) is 4.42 Å². The standard InChI is InChI=1S/C16H9O/c1-2-6-12-11(5-1)9-10-15-16(12)13-7-3-4-8-14(13)17-15/h1-8,10H. The summed E-state index contributed by atoms with van der Waals surface area (Å²) in [5.74, 6) is 0. The molecule has 4 aromatic rings. The lowest BCUT2D eigenvalue weighted by Crippen LogP contribution is -1.73. The van der Waals surface area contributed by atoms with E-state index in [9.17, 15) is 0 Å². The number of hydrogen-bond donors (Lipinski definition) is 0. The molecule has 0 spiro atoms. The summed E-state index contributed by atoms with van der Waals surface area (Å²) in [6, 6.07) is 21.6. The lowest BCUT2D eigenvalue weighted by molar-refractivity contribution is 0.669. The van der Waals surface area contributed by atoms with Crippen LogP contribution in [0.2, 0.25) is 0 Å². The molecule has 1 nitrogen and oxygen atoms in total. The van der Waals surface area contributed by atoms with Gasteiger partial charge in [-0.3, -0.25) is 0 Å². The van der Waals surface area contributed by atoms with Gasteiger partial charge in [-0.15, -0.1) is 0 Å². The number of furan rings is 1. The third-order valence-corrected chi connectivity index (χ3v) is 3.18. The minimum atomic E-state index is 0.907. The Morgan fingerprint density at radius 3 is 2.47 bits per heavy atom. The summed E-state index contributed by atoms with van der Waals surface area (Å²) >= 11 is 0. The van der Waals surface area contributed by atoms with Gasteiger partial charge in [0.15, 0.2) is 0 Å². The highest BCUT2D eigenvalue weighted by Crippen LogP contribution is 2.33. The Hall–Kier alpha value is -2.28. The van der Waals surface area contributed by atoms with Gasteiger partial charge >= 0.3 is 0 Å². The van der Waals surface area contributed by atoms with Gasteiger partial charge in [0.05, 0.1) is 0 Å². The molecular weight excluding hydrogens is 208 g/mol. The van der Waals surface area contributed by atoms with Gasteiger partial charge in [0.25, 0.3) is 0 Å². The third kappa shape index (κ3) is 1.14. The second kappa shape index (κ2) is 3.11. The van der Waals surface area contributed by atoms with Crippen LogP contribution in [-0.2, 0) is 0 Å². The maximum absolute atomic E-state index is 5.83. The van der Waals surface area contributed by atoms with Crippen LogP contribution in [-0.4, -0.2) is 0 Å². The van der Waals surface area contributed by atoms with Crippen LogP contribution in [0.15, 0.2) is 59.0 Å². The highest BCUT2D eigenvalue weighted by Gasteiger charge is 2.08. The monoisotopic (exact) mass is 217 g/mol. The Labute approximate surface area is 98.3 Å². The molecule has 0 aliphatic heterocycles. The molecule has 0 aliphatic carbocycles. The first-order chi connectivity index (χ1) is 8.43. The van der Waals surface area contributed by atoms with E-state index in [0.29, 0.717) is 0 Å². The van der Waals surface area contributed by atoms with Gasteiger partial charge in [0, 0.05) is 10.8 Å². The van der Waals surface area contributed by atoms with Crippen LogP contribution in [0.5, 0.6) is 0 Å². The van der Waals surface area contributed by atoms with Crippen LogP contribution in [0.3, 0.4) is 0 Å². The number of fused-ring (bicyclic) bond motifs is 5. The Morgan fingerprint density at radius 2 is 1.53 bits per heavy atom. The Bertz CT molecular complexity index is 834. The van der Waals surface area contributed by atoms with Crippen LogP contribution >= 0.6 is 0 Å². The first kappa shape index (κ1) is 8.82. The SMILES string of the molecule is [c]1cc2oc3ccccc3c2c2ccccc12. The summed E-state index contributed by atoms with van der Waals surface area (Å²) in [6.45, 7) is 0. The molecule has 0 amide bonds. The van der Waals surface area contributed by atoms with Crippen molar-refractivity contribution >= 4 is 32.7 Å². The molecule has 4 rings (SSSR count). The van der Waals surface area contributed by atoms with Gasteiger partial charge in [-0.2, -0.15) is 0 Å². The summed E-state index contributed by atoms with van der Waals surface area (Å²) < 4.78 is 5.83. The molecule has 79 valence electrons. The first-order valence-electron chi connectivity index (χ1n) is 5.64. The van der Waals surface area contributed by atoms with Gasteiger partial charge < -0.3 is 4.42 Å². The zero-order chi connectivity index (χ0) is 11.2. The lowest BCUT2D eigenvalue weighted by atomic mass is 10.0. The Balaban J connectivity index is 2.38. The van der Waals surface area contributed by atoms with E-state index in [2.05, 4.69) is 30.3 Å². The lowest BCUT2D eigenvalue weighted by Gasteiger charge is -1.97. The van der Waals surface area contributed by atoms with Crippen LogP contribution < -0.4 is 0 Å². The van der Waals surface area contributed by atoms with Gasteiger partial charge in [-0.05, 0) is 29.0 Å². The molecule has 0 saturated heterocycles. The fourth-order valence-electron chi connectivity index (χ4n) is 2.41. The third-order valence-electron chi connectivity index (χ3n) is 3.18. The molecule has 1 heteroatoms. The minimum absolute atomic E-state index is 0.907. The van der Waals surface area contributed by atoms with E-state index in [1.54, 1.807) is 0 Å². The zero-order valence-electron chi connectivity index (χ0n) is 9.10. The molecule has 1 aromatic heterocycles. The van der Waals surface area contributed by atoms with Gasteiger partial charge in [-0.25, -0.2) is 0 Å². The fraction of sp³-hybridized carbons (Fsp3) is 0. The summed E-state index contributed by atoms with van der Waals surface area (Å²) in [7, 11) is 0. The quantitative estimate of drug-likeness (QED) is 0.421. The van der Waals surface area contributed by atoms with Crippen LogP contribution in [0.4, 0.5) is 0 Å². The van der Waals surface area contributed by atoms with Crippen molar-refractivity contribution in [2.24, 2.45) is 0 Å². The molecule has 0 atom stereocenters. The van der Waals surface area contributed by atoms with Crippen molar-refractivity contribution in [3.05, 3.63) is 60.7 Å². The van der Waals surface area contributed by atoms with Crippen molar-refractivity contribution in [3.63, 3.8) is 0 Å². The summed E-state index contributed by atoms with van der Waals surface area (Å²) in [5, 5.41) is 4.70. The average molecular weight is 217 g/mol. The van der Waals surface area contributed by atoms with E-state index in [-0.39, 0.29) is 0 Å². The van der Waals surface area contributed by atoms with Crippen molar-refractivity contribution in [1.82, 2.24) is 0 Å². The van der Waals surface area contributed by atoms with Crippen molar-refractivity contribution < 1.29 is 4.42 Å². The topological polar surface area (TPSA) is 13.1 Å². The van der Waals surface area contributed by atoms with Gasteiger partial charge in [0.2, 0.25) is 0 Å². The van der Waals surface area contributed by atoms with Crippen LogP contribution in [0.1, 0.15) is 0 Å². The molecule has 0 aliphatic rings. The van der Waals surface area contributed by atoms with Crippen molar-refractivity contribution in [3.8, 4) is 0 Å².